The molecule has 8 heteroatoms. The third-order valence-electron chi connectivity index (χ3n) is 5.62. The summed E-state index contributed by atoms with van der Waals surface area (Å²) in [6, 6.07) is 7.60. The molecule has 2 aromatic heterocycles. The maximum absolute atomic E-state index is 12.9. The van der Waals surface area contributed by atoms with Gasteiger partial charge in [-0.2, -0.15) is 0 Å². The Bertz CT molecular complexity index is 1390. The number of methoxy groups -OCH3 is 2. The van der Waals surface area contributed by atoms with Gasteiger partial charge in [0.05, 0.1) is 36.1 Å². The van der Waals surface area contributed by atoms with E-state index in [1.807, 2.05) is 62.0 Å². The SMILES string of the molecule is C=C/C=C(\C=C/C)c1nc(-c2cc(OC)c(OC(=O)C3=CN(C)C=CC3)c(OC)c2)[nH]c1-c1cccs1. The maximum atomic E-state index is 12.9. The standard InChI is InChI=1S/C29H29N3O4S/c1-6-10-19(11-7-2)25-26(24-13-9-15-37-24)31-28(30-25)21-16-22(34-4)27(23(17-21)35-5)36-29(33)20-12-8-14-32(3)18-20/h6-11,13-18H,1,12H2,2-5H3,(H,30,31)/b11-7-,19-10+. The van der Waals surface area contributed by atoms with E-state index >= 15 is 0 Å². The van der Waals surface area contributed by atoms with Crippen molar-refractivity contribution in [3.63, 3.8) is 0 Å². The Kier molecular flexibility index (Phi) is 8.10. The lowest BCUT2D eigenvalue weighted by atomic mass is 10.1. The predicted octanol–water partition coefficient (Wildman–Crippen LogP) is 6.61. The smallest absolute Gasteiger partial charge is 0.341 e. The van der Waals surface area contributed by atoms with Gasteiger partial charge in [0.25, 0.3) is 0 Å². The van der Waals surface area contributed by atoms with Crippen LogP contribution in [0.3, 0.4) is 0 Å². The predicted molar refractivity (Wildman–Crippen MR) is 149 cm³/mol. The van der Waals surface area contributed by atoms with Gasteiger partial charge in [-0.3, -0.25) is 0 Å². The number of nitrogens with one attached hydrogen (secondary N) is 1. The van der Waals surface area contributed by atoms with Crippen LogP contribution in [0.4, 0.5) is 0 Å². The van der Waals surface area contributed by atoms with Crippen molar-refractivity contribution in [3.05, 3.63) is 90.3 Å². The molecule has 1 aromatic carbocycles. The van der Waals surface area contributed by atoms with Crippen molar-refractivity contribution in [1.82, 2.24) is 14.9 Å². The molecule has 7 nitrogen and oxygen atoms in total. The van der Waals surface area contributed by atoms with Crippen LogP contribution in [-0.4, -0.2) is 42.1 Å². The zero-order valence-electron chi connectivity index (χ0n) is 21.3. The van der Waals surface area contributed by atoms with Gasteiger partial charge in [-0.1, -0.05) is 43.0 Å². The van der Waals surface area contributed by atoms with Crippen LogP contribution < -0.4 is 14.2 Å². The Morgan fingerprint density at radius 3 is 2.59 bits per heavy atom. The molecule has 0 saturated heterocycles. The third-order valence-corrected chi connectivity index (χ3v) is 6.50. The molecule has 0 fully saturated rings. The molecule has 0 atom stereocenters. The molecule has 0 radical (unpaired) electrons. The van der Waals surface area contributed by atoms with E-state index in [0.29, 0.717) is 29.3 Å². The molecule has 0 spiro atoms. The Morgan fingerprint density at radius 2 is 2.00 bits per heavy atom. The molecule has 1 aliphatic heterocycles. The number of hydrogen-bond acceptors (Lipinski definition) is 7. The van der Waals surface area contributed by atoms with Gasteiger partial charge in [-0.05, 0) is 36.7 Å². The molecule has 1 aliphatic rings. The van der Waals surface area contributed by atoms with Gasteiger partial charge < -0.3 is 24.1 Å². The largest absolute Gasteiger partial charge is 0.493 e. The zero-order chi connectivity index (χ0) is 26.4. The first-order chi connectivity index (χ1) is 18.0. The number of hydrogen-bond donors (Lipinski definition) is 1. The van der Waals surface area contributed by atoms with Crippen LogP contribution >= 0.6 is 11.3 Å². The molecule has 0 aliphatic carbocycles. The number of aromatic nitrogens is 2. The van der Waals surface area contributed by atoms with Gasteiger partial charge >= 0.3 is 5.97 Å². The van der Waals surface area contributed by atoms with E-state index in [0.717, 1.165) is 27.4 Å². The van der Waals surface area contributed by atoms with E-state index in [4.69, 9.17) is 19.2 Å². The molecule has 3 heterocycles. The first-order valence-electron chi connectivity index (χ1n) is 11.7. The number of thiophene rings is 1. The van der Waals surface area contributed by atoms with Crippen molar-refractivity contribution in [2.75, 3.05) is 21.3 Å². The molecule has 3 aromatic rings. The summed E-state index contributed by atoms with van der Waals surface area (Å²) in [5, 5.41) is 2.02. The number of H-pyrrole nitrogens is 1. The van der Waals surface area contributed by atoms with Crippen LogP contribution in [0.2, 0.25) is 0 Å². The quantitative estimate of drug-likeness (QED) is 0.196. The number of benzene rings is 1. The highest BCUT2D eigenvalue weighted by atomic mass is 32.1. The maximum Gasteiger partial charge on any atom is 0.341 e. The second kappa shape index (κ2) is 11.6. The highest BCUT2D eigenvalue weighted by molar-refractivity contribution is 7.13. The summed E-state index contributed by atoms with van der Waals surface area (Å²) in [6.45, 7) is 5.81. The lowest BCUT2D eigenvalue weighted by Gasteiger charge is -2.18. The molecule has 0 bridgehead atoms. The van der Waals surface area contributed by atoms with Gasteiger partial charge in [0.1, 0.15) is 5.82 Å². The van der Waals surface area contributed by atoms with Crippen LogP contribution in [0.5, 0.6) is 17.2 Å². The summed E-state index contributed by atoms with van der Waals surface area (Å²) < 4.78 is 17.0. The average Bonchev–Trinajstić information content (AvgIpc) is 3.59. The topological polar surface area (TPSA) is 76.7 Å². The number of rotatable bonds is 9. The number of carbonyl (C=O) groups excluding carboxylic acids is 1. The number of aromatic amines is 1. The normalized spacial score (nSPS) is 13.6. The fraction of sp³-hybridized carbons (Fsp3) is 0.172. The highest BCUT2D eigenvalue weighted by Crippen LogP contribution is 2.42. The van der Waals surface area contributed by atoms with E-state index in [-0.39, 0.29) is 5.75 Å². The fourth-order valence-electron chi connectivity index (χ4n) is 3.94. The first-order valence-corrected chi connectivity index (χ1v) is 12.5. The zero-order valence-corrected chi connectivity index (χ0v) is 22.1. The van der Waals surface area contributed by atoms with Crippen molar-refractivity contribution in [3.8, 4) is 39.2 Å². The highest BCUT2D eigenvalue weighted by Gasteiger charge is 2.23. The second-order valence-corrected chi connectivity index (χ2v) is 9.10. The van der Waals surface area contributed by atoms with Gasteiger partial charge in [-0.25, -0.2) is 9.78 Å². The lowest BCUT2D eigenvalue weighted by molar-refractivity contribution is -0.130. The van der Waals surface area contributed by atoms with Crippen molar-refractivity contribution in [1.29, 1.82) is 0 Å². The monoisotopic (exact) mass is 515 g/mol. The summed E-state index contributed by atoms with van der Waals surface area (Å²) >= 11 is 1.62. The van der Waals surface area contributed by atoms with E-state index in [2.05, 4.69) is 11.6 Å². The molecule has 37 heavy (non-hydrogen) atoms. The molecule has 0 saturated carbocycles. The van der Waals surface area contributed by atoms with E-state index in [1.165, 1.54) is 14.2 Å². The Labute approximate surface area is 220 Å². The number of esters is 1. The molecule has 0 unspecified atom stereocenters. The minimum atomic E-state index is -0.466. The Hall–Kier alpha value is -4.30. The van der Waals surface area contributed by atoms with E-state index < -0.39 is 5.97 Å². The molecular weight excluding hydrogens is 486 g/mol. The second-order valence-electron chi connectivity index (χ2n) is 8.15. The minimum Gasteiger partial charge on any atom is -0.493 e. The number of ether oxygens (including phenoxy) is 3. The fourth-order valence-corrected chi connectivity index (χ4v) is 4.66. The van der Waals surface area contributed by atoms with Gasteiger partial charge in [0.15, 0.2) is 11.5 Å². The number of carbonyl (C=O) groups is 1. The molecule has 4 rings (SSSR count). The Balaban J connectivity index is 1.78. The summed E-state index contributed by atoms with van der Waals surface area (Å²) in [7, 11) is 4.90. The summed E-state index contributed by atoms with van der Waals surface area (Å²) in [5.74, 6) is 1.08. The van der Waals surface area contributed by atoms with Crippen molar-refractivity contribution < 1.29 is 19.0 Å². The number of imidazole rings is 1. The number of allylic oxidation sites excluding steroid dienone is 6. The van der Waals surface area contributed by atoms with Crippen LogP contribution in [0, 0.1) is 0 Å². The van der Waals surface area contributed by atoms with Crippen LogP contribution in [0.15, 0.2) is 84.6 Å². The third kappa shape index (κ3) is 5.59. The molecule has 0 amide bonds. The molecule has 1 N–H and O–H groups in total. The van der Waals surface area contributed by atoms with Gasteiger partial charge in [0.2, 0.25) is 5.75 Å². The van der Waals surface area contributed by atoms with Crippen molar-refractivity contribution in [2.24, 2.45) is 0 Å². The van der Waals surface area contributed by atoms with Crippen molar-refractivity contribution in [2.45, 2.75) is 13.3 Å². The lowest BCUT2D eigenvalue weighted by Crippen LogP contribution is -2.17. The van der Waals surface area contributed by atoms with Crippen molar-refractivity contribution >= 4 is 22.9 Å². The Morgan fingerprint density at radius 1 is 1.24 bits per heavy atom. The van der Waals surface area contributed by atoms with E-state index in [9.17, 15) is 4.79 Å². The summed E-state index contributed by atoms with van der Waals surface area (Å²) in [4.78, 5) is 24.1. The van der Waals surface area contributed by atoms with Gasteiger partial charge in [0, 0.05) is 30.8 Å². The van der Waals surface area contributed by atoms with E-state index in [1.54, 1.807) is 40.6 Å². The first kappa shape index (κ1) is 25.8. The number of nitrogens with zero attached hydrogens (tertiary/aromatic N) is 2. The van der Waals surface area contributed by atoms with Crippen LogP contribution in [0.25, 0.3) is 27.5 Å². The molecule has 190 valence electrons. The van der Waals surface area contributed by atoms with Crippen LogP contribution in [0.1, 0.15) is 19.0 Å². The molecular formula is C29H29N3O4S. The summed E-state index contributed by atoms with van der Waals surface area (Å²) in [6.07, 6.45) is 13.6. The summed E-state index contributed by atoms with van der Waals surface area (Å²) in [5.41, 5.74) is 3.86. The minimum absolute atomic E-state index is 0.211. The van der Waals surface area contributed by atoms with Gasteiger partial charge in [-0.15, -0.1) is 11.3 Å². The van der Waals surface area contributed by atoms with Crippen LogP contribution in [-0.2, 0) is 4.79 Å². The average molecular weight is 516 g/mol.